The number of amides is 2. The van der Waals surface area contributed by atoms with E-state index in [4.69, 9.17) is 9.84 Å². The van der Waals surface area contributed by atoms with E-state index in [1.165, 1.54) is 9.80 Å². The molecular formula is C11H20N2O5. The first-order chi connectivity index (χ1) is 8.47. The summed E-state index contributed by atoms with van der Waals surface area (Å²) in [6.07, 6.45) is 0.0160. The van der Waals surface area contributed by atoms with Crippen molar-refractivity contribution in [3.8, 4) is 0 Å². The predicted octanol–water partition coefficient (Wildman–Crippen LogP) is -0.405. The molecule has 7 heteroatoms. The fraction of sp³-hybridized carbons (Fsp3) is 0.818. The number of aliphatic hydroxyl groups is 1. The Morgan fingerprint density at radius 3 is 2.72 bits per heavy atom. The highest BCUT2D eigenvalue weighted by Crippen LogP contribution is 2.19. The van der Waals surface area contributed by atoms with Crippen molar-refractivity contribution in [3.63, 3.8) is 0 Å². The SMILES string of the molecule is COCCCN(C)C(=O)N1C[C@@H](O)C[C@H]1C(=O)O. The lowest BCUT2D eigenvalue weighted by molar-refractivity contribution is -0.141. The monoisotopic (exact) mass is 260 g/mol. The van der Waals surface area contributed by atoms with Crippen molar-refractivity contribution in [2.75, 3.05) is 33.9 Å². The molecule has 0 unspecified atom stereocenters. The van der Waals surface area contributed by atoms with Gasteiger partial charge in [0, 0.05) is 40.3 Å². The minimum atomic E-state index is -1.08. The smallest absolute Gasteiger partial charge is 0.326 e. The first-order valence-electron chi connectivity index (χ1n) is 5.89. The highest BCUT2D eigenvalue weighted by molar-refractivity contribution is 5.83. The summed E-state index contributed by atoms with van der Waals surface area (Å²) in [6, 6.07) is -1.30. The normalized spacial score (nSPS) is 23.2. The molecule has 1 saturated heterocycles. The Balaban J connectivity index is 2.56. The fourth-order valence-corrected chi connectivity index (χ4v) is 2.02. The highest BCUT2D eigenvalue weighted by Gasteiger charge is 2.39. The van der Waals surface area contributed by atoms with Crippen molar-refractivity contribution in [1.82, 2.24) is 9.80 Å². The van der Waals surface area contributed by atoms with Crippen LogP contribution in [0.5, 0.6) is 0 Å². The minimum absolute atomic E-state index is 0.0738. The third kappa shape index (κ3) is 3.58. The van der Waals surface area contributed by atoms with Gasteiger partial charge in [-0.3, -0.25) is 0 Å². The quantitative estimate of drug-likeness (QED) is 0.656. The molecule has 0 bridgehead atoms. The number of aliphatic carboxylic acids is 1. The molecule has 0 radical (unpaired) electrons. The van der Waals surface area contributed by atoms with E-state index in [9.17, 15) is 14.7 Å². The van der Waals surface area contributed by atoms with Crippen LogP contribution in [0.25, 0.3) is 0 Å². The largest absolute Gasteiger partial charge is 0.480 e. The van der Waals surface area contributed by atoms with Gasteiger partial charge in [-0.05, 0) is 6.42 Å². The molecule has 2 atom stereocenters. The number of likely N-dealkylation sites (tertiary alicyclic amines) is 1. The van der Waals surface area contributed by atoms with E-state index in [1.54, 1.807) is 14.2 Å². The zero-order valence-corrected chi connectivity index (χ0v) is 10.7. The van der Waals surface area contributed by atoms with Crippen LogP contribution in [0, 0.1) is 0 Å². The van der Waals surface area contributed by atoms with Crippen LogP contribution in [0.2, 0.25) is 0 Å². The molecule has 18 heavy (non-hydrogen) atoms. The molecule has 1 aliphatic heterocycles. The number of aliphatic hydroxyl groups excluding tert-OH is 1. The van der Waals surface area contributed by atoms with Gasteiger partial charge in [-0.15, -0.1) is 0 Å². The van der Waals surface area contributed by atoms with E-state index in [-0.39, 0.29) is 19.0 Å². The summed E-state index contributed by atoms with van der Waals surface area (Å²) in [5.41, 5.74) is 0. The Morgan fingerprint density at radius 1 is 1.50 bits per heavy atom. The molecule has 0 aromatic heterocycles. The van der Waals surface area contributed by atoms with Gasteiger partial charge in [0.1, 0.15) is 6.04 Å². The maximum Gasteiger partial charge on any atom is 0.326 e. The second-order valence-electron chi connectivity index (χ2n) is 4.45. The van der Waals surface area contributed by atoms with E-state index in [0.717, 1.165) is 0 Å². The first kappa shape index (κ1) is 14.7. The number of methoxy groups -OCH3 is 1. The lowest BCUT2D eigenvalue weighted by Gasteiger charge is -2.27. The summed E-state index contributed by atoms with van der Waals surface area (Å²) >= 11 is 0. The van der Waals surface area contributed by atoms with E-state index in [0.29, 0.717) is 19.6 Å². The Kier molecular flexibility index (Phi) is 5.36. The number of hydrogen-bond donors (Lipinski definition) is 2. The summed E-state index contributed by atoms with van der Waals surface area (Å²) in [7, 11) is 3.20. The lowest BCUT2D eigenvalue weighted by Crippen LogP contribution is -2.47. The van der Waals surface area contributed by atoms with Crippen molar-refractivity contribution in [3.05, 3.63) is 0 Å². The van der Waals surface area contributed by atoms with Crippen LogP contribution >= 0.6 is 0 Å². The maximum absolute atomic E-state index is 12.0. The maximum atomic E-state index is 12.0. The second-order valence-corrected chi connectivity index (χ2v) is 4.45. The summed E-state index contributed by atoms with van der Waals surface area (Å²) in [5, 5.41) is 18.5. The molecule has 0 aromatic rings. The molecule has 0 aliphatic carbocycles. The number of nitrogens with zero attached hydrogens (tertiary/aromatic N) is 2. The van der Waals surface area contributed by atoms with Crippen LogP contribution in [-0.4, -0.2) is 78.0 Å². The van der Waals surface area contributed by atoms with Crippen molar-refractivity contribution < 1.29 is 24.5 Å². The molecule has 0 spiro atoms. The number of carbonyl (C=O) groups is 2. The third-order valence-corrected chi connectivity index (χ3v) is 2.98. The average Bonchev–Trinajstić information content (AvgIpc) is 2.70. The van der Waals surface area contributed by atoms with Crippen molar-refractivity contribution >= 4 is 12.0 Å². The molecule has 1 aliphatic rings. The number of carboxylic acids is 1. The van der Waals surface area contributed by atoms with Gasteiger partial charge in [-0.2, -0.15) is 0 Å². The molecule has 1 rings (SSSR count). The second kappa shape index (κ2) is 6.55. The molecule has 1 fully saturated rings. The van der Waals surface area contributed by atoms with Crippen LogP contribution in [0.4, 0.5) is 4.79 Å². The molecule has 1 heterocycles. The zero-order valence-electron chi connectivity index (χ0n) is 10.7. The van der Waals surface area contributed by atoms with Crippen LogP contribution in [0.1, 0.15) is 12.8 Å². The Bertz CT molecular complexity index is 310. The summed E-state index contributed by atoms with van der Waals surface area (Å²) in [6.45, 7) is 1.11. The predicted molar refractivity (Wildman–Crippen MR) is 63.3 cm³/mol. The van der Waals surface area contributed by atoms with Crippen LogP contribution in [0.3, 0.4) is 0 Å². The molecule has 0 aromatic carbocycles. The standard InChI is InChI=1S/C11H20N2O5/c1-12(4-3-5-18-2)11(17)13-7-8(14)6-9(13)10(15)16/h8-9,14H,3-7H2,1-2H3,(H,15,16)/t8-,9-/m0/s1. The zero-order chi connectivity index (χ0) is 13.7. The number of rotatable bonds is 5. The van der Waals surface area contributed by atoms with Gasteiger partial charge in [0.05, 0.1) is 6.10 Å². The first-order valence-corrected chi connectivity index (χ1v) is 5.89. The van der Waals surface area contributed by atoms with Gasteiger partial charge in [0.2, 0.25) is 0 Å². The Hall–Kier alpha value is -1.34. The summed E-state index contributed by atoms with van der Waals surface area (Å²) in [5.74, 6) is -1.08. The minimum Gasteiger partial charge on any atom is -0.480 e. The van der Waals surface area contributed by atoms with E-state index in [2.05, 4.69) is 0 Å². The fourth-order valence-electron chi connectivity index (χ4n) is 2.02. The van der Waals surface area contributed by atoms with Crippen LogP contribution in [-0.2, 0) is 9.53 Å². The molecule has 2 amide bonds. The van der Waals surface area contributed by atoms with Crippen LogP contribution < -0.4 is 0 Å². The van der Waals surface area contributed by atoms with Gasteiger partial charge in [0.15, 0.2) is 0 Å². The number of carboxylic acid groups (broad SMARTS) is 1. The van der Waals surface area contributed by atoms with Gasteiger partial charge >= 0.3 is 12.0 Å². The van der Waals surface area contributed by atoms with Gasteiger partial charge in [-0.25, -0.2) is 9.59 Å². The number of hydrogen-bond acceptors (Lipinski definition) is 4. The van der Waals surface area contributed by atoms with Gasteiger partial charge in [0.25, 0.3) is 0 Å². The number of β-amino-alcohol motifs (C(OH)–C–C–N with tert-alkyl or cyclic N) is 1. The van der Waals surface area contributed by atoms with Crippen LogP contribution in [0.15, 0.2) is 0 Å². The number of ether oxygens (including phenoxy) is 1. The van der Waals surface area contributed by atoms with Crippen molar-refractivity contribution in [2.24, 2.45) is 0 Å². The molecule has 2 N–H and O–H groups in total. The molecule has 0 saturated carbocycles. The van der Waals surface area contributed by atoms with Gasteiger partial charge in [-0.1, -0.05) is 0 Å². The summed E-state index contributed by atoms with van der Waals surface area (Å²) in [4.78, 5) is 25.7. The molecule has 7 nitrogen and oxygen atoms in total. The van der Waals surface area contributed by atoms with E-state index in [1.807, 2.05) is 0 Å². The van der Waals surface area contributed by atoms with E-state index >= 15 is 0 Å². The molecular weight excluding hydrogens is 240 g/mol. The topological polar surface area (TPSA) is 90.3 Å². The average molecular weight is 260 g/mol. The Morgan fingerprint density at radius 2 is 2.17 bits per heavy atom. The third-order valence-electron chi connectivity index (χ3n) is 2.98. The van der Waals surface area contributed by atoms with Crippen molar-refractivity contribution in [1.29, 1.82) is 0 Å². The number of urea groups is 1. The lowest BCUT2D eigenvalue weighted by atomic mass is 10.2. The summed E-state index contributed by atoms with van der Waals surface area (Å²) < 4.78 is 4.89. The van der Waals surface area contributed by atoms with Crippen molar-refractivity contribution in [2.45, 2.75) is 25.0 Å². The molecule has 104 valence electrons. The van der Waals surface area contributed by atoms with E-state index < -0.39 is 18.1 Å². The van der Waals surface area contributed by atoms with Gasteiger partial charge < -0.3 is 24.7 Å². The number of carbonyl (C=O) groups excluding carboxylic acids is 1. The highest BCUT2D eigenvalue weighted by atomic mass is 16.5. The Labute approximate surface area is 106 Å².